The number of amides is 2. The molecule has 1 saturated heterocycles. The minimum Gasteiger partial charge on any atom is -0.445 e. The van der Waals surface area contributed by atoms with E-state index in [-0.39, 0.29) is 45.3 Å². The summed E-state index contributed by atoms with van der Waals surface area (Å²) in [6.45, 7) is 7.42. The fraction of sp³-hybridized carbons (Fsp3) is 0.600. The van der Waals surface area contributed by atoms with Crippen molar-refractivity contribution in [3.8, 4) is 0 Å². The summed E-state index contributed by atoms with van der Waals surface area (Å²) in [7, 11) is 0. The van der Waals surface area contributed by atoms with Crippen molar-refractivity contribution in [1.82, 2.24) is 15.5 Å². The van der Waals surface area contributed by atoms with Crippen LogP contribution in [0.2, 0.25) is 0 Å². The van der Waals surface area contributed by atoms with Gasteiger partial charge in [0, 0.05) is 19.6 Å². The van der Waals surface area contributed by atoms with Gasteiger partial charge in [0.2, 0.25) is 0 Å². The van der Waals surface area contributed by atoms with Crippen molar-refractivity contribution in [2.75, 3.05) is 45.9 Å². The van der Waals surface area contributed by atoms with E-state index < -0.39 is 23.9 Å². The summed E-state index contributed by atoms with van der Waals surface area (Å²) in [5.41, 5.74) is -1.05. The third-order valence-corrected chi connectivity index (χ3v) is 3.22. The maximum absolute atomic E-state index is 12.0. The van der Waals surface area contributed by atoms with E-state index in [1.54, 1.807) is 0 Å². The molecule has 1 rings (SSSR count). The number of halogens is 1. The van der Waals surface area contributed by atoms with Gasteiger partial charge < -0.3 is 35.2 Å². The number of nitrogens with zero attached hydrogens (tertiary/aromatic N) is 1. The van der Waals surface area contributed by atoms with Crippen LogP contribution in [0.1, 0.15) is 0 Å². The monoisotopic (exact) mass is 379 g/mol. The van der Waals surface area contributed by atoms with Gasteiger partial charge in [-0.1, -0.05) is 25.3 Å². The van der Waals surface area contributed by atoms with Crippen molar-refractivity contribution in [3.63, 3.8) is 0 Å². The van der Waals surface area contributed by atoms with E-state index in [2.05, 4.69) is 23.8 Å². The van der Waals surface area contributed by atoms with Crippen molar-refractivity contribution >= 4 is 24.6 Å². The highest BCUT2D eigenvalue weighted by Crippen LogP contribution is 2.14. The number of β-amino-alcohol motifs (C(OH)–C–C–N with tert-alkyl or cyclic N) is 1. The number of hydrogen-bond acceptors (Lipinski definition) is 7. The topological polar surface area (TPSA) is 120 Å². The third kappa shape index (κ3) is 8.73. The summed E-state index contributed by atoms with van der Waals surface area (Å²) in [4.78, 5) is 24.5. The summed E-state index contributed by atoms with van der Waals surface area (Å²) in [5.74, 6) is 0. The van der Waals surface area contributed by atoms with Crippen LogP contribution < -0.4 is 10.6 Å². The molecule has 1 heterocycles. The molecule has 1 aliphatic heterocycles. The molecule has 0 saturated carbocycles. The van der Waals surface area contributed by atoms with Crippen molar-refractivity contribution in [2.45, 2.75) is 11.7 Å². The van der Waals surface area contributed by atoms with Crippen LogP contribution in [-0.4, -0.2) is 84.9 Å². The number of aliphatic hydroxyl groups is 2. The van der Waals surface area contributed by atoms with Crippen LogP contribution in [0.3, 0.4) is 0 Å². The zero-order chi connectivity index (χ0) is 18.0. The second kappa shape index (κ2) is 11.7. The van der Waals surface area contributed by atoms with Crippen LogP contribution in [0.5, 0.6) is 0 Å². The molecule has 1 fully saturated rings. The Morgan fingerprint density at radius 3 is 2.40 bits per heavy atom. The molecule has 9 nitrogen and oxygen atoms in total. The first-order chi connectivity index (χ1) is 11.4. The highest BCUT2D eigenvalue weighted by molar-refractivity contribution is 5.85. The largest absolute Gasteiger partial charge is 0.445 e. The van der Waals surface area contributed by atoms with Crippen molar-refractivity contribution in [3.05, 3.63) is 25.3 Å². The predicted octanol–water partition coefficient (Wildman–Crippen LogP) is -0.360. The highest BCUT2D eigenvalue weighted by atomic mass is 35.5. The van der Waals surface area contributed by atoms with Gasteiger partial charge in [0.15, 0.2) is 0 Å². The standard InChI is InChI=1S/C15H25N3O6.ClH/c1-3-5-23-13(20)17-7-12(19)8-18(14(21)24-6-4-2)11-15(22)9-16-10-15;/h3-4,12,16,19,22H,1-2,5-11H2,(H,17,20);1H/t12-;/m1./s1. The fourth-order valence-corrected chi connectivity index (χ4v) is 2.01. The van der Waals surface area contributed by atoms with Gasteiger partial charge in [0.25, 0.3) is 0 Å². The van der Waals surface area contributed by atoms with Gasteiger partial charge in [-0.25, -0.2) is 9.59 Å². The van der Waals surface area contributed by atoms with Crippen molar-refractivity contribution in [2.24, 2.45) is 0 Å². The van der Waals surface area contributed by atoms with E-state index in [9.17, 15) is 19.8 Å². The molecule has 0 unspecified atom stereocenters. The van der Waals surface area contributed by atoms with E-state index in [0.717, 1.165) is 0 Å². The number of aliphatic hydroxyl groups excluding tert-OH is 1. The maximum atomic E-state index is 12.0. The van der Waals surface area contributed by atoms with Crippen molar-refractivity contribution in [1.29, 1.82) is 0 Å². The molecule has 0 aliphatic carbocycles. The van der Waals surface area contributed by atoms with Gasteiger partial charge in [-0.05, 0) is 0 Å². The van der Waals surface area contributed by atoms with Gasteiger partial charge >= 0.3 is 12.2 Å². The summed E-state index contributed by atoms with van der Waals surface area (Å²) in [5, 5.41) is 25.4. The van der Waals surface area contributed by atoms with Crippen LogP contribution in [0, 0.1) is 0 Å². The molecule has 0 bridgehead atoms. The molecule has 25 heavy (non-hydrogen) atoms. The first-order valence-corrected chi connectivity index (χ1v) is 7.55. The zero-order valence-electron chi connectivity index (χ0n) is 14.0. The van der Waals surface area contributed by atoms with E-state index in [4.69, 9.17) is 9.47 Å². The lowest BCUT2D eigenvalue weighted by Gasteiger charge is -2.41. The van der Waals surface area contributed by atoms with Crippen LogP contribution in [0.15, 0.2) is 25.3 Å². The van der Waals surface area contributed by atoms with E-state index in [0.29, 0.717) is 13.1 Å². The van der Waals surface area contributed by atoms with Crippen LogP contribution >= 0.6 is 12.4 Å². The Labute approximate surface area is 153 Å². The maximum Gasteiger partial charge on any atom is 0.410 e. The summed E-state index contributed by atoms with van der Waals surface area (Å²) in [6.07, 6.45) is 0.415. The number of alkyl carbamates (subject to hydrolysis) is 1. The van der Waals surface area contributed by atoms with Gasteiger partial charge in [0.1, 0.15) is 18.8 Å². The molecule has 1 atom stereocenters. The molecule has 0 aromatic rings. The van der Waals surface area contributed by atoms with E-state index in [1.165, 1.54) is 17.1 Å². The Morgan fingerprint density at radius 2 is 1.88 bits per heavy atom. The zero-order valence-corrected chi connectivity index (χ0v) is 14.8. The molecular formula is C15H26ClN3O6. The summed E-state index contributed by atoms with van der Waals surface area (Å²) < 4.78 is 9.66. The number of carbonyl (C=O) groups excluding carboxylic acids is 2. The van der Waals surface area contributed by atoms with Crippen LogP contribution in [-0.2, 0) is 9.47 Å². The normalized spacial score (nSPS) is 15.6. The number of hydrogen-bond donors (Lipinski definition) is 4. The van der Waals surface area contributed by atoms with Gasteiger partial charge in [-0.2, -0.15) is 0 Å². The average molecular weight is 380 g/mol. The molecule has 0 aromatic carbocycles. The lowest BCUT2D eigenvalue weighted by molar-refractivity contribution is -0.0424. The number of ether oxygens (including phenoxy) is 2. The first kappa shape index (κ1) is 23.2. The average Bonchev–Trinajstić information content (AvgIpc) is 2.53. The van der Waals surface area contributed by atoms with Gasteiger partial charge in [-0.15, -0.1) is 12.4 Å². The van der Waals surface area contributed by atoms with Gasteiger partial charge in [0.05, 0.1) is 19.2 Å². The van der Waals surface area contributed by atoms with Crippen LogP contribution in [0.4, 0.5) is 9.59 Å². The Balaban J connectivity index is 0.00000576. The van der Waals surface area contributed by atoms with Crippen molar-refractivity contribution < 1.29 is 29.3 Å². The van der Waals surface area contributed by atoms with E-state index in [1.807, 2.05) is 0 Å². The Morgan fingerprint density at radius 1 is 1.28 bits per heavy atom. The molecule has 0 spiro atoms. The molecule has 144 valence electrons. The minimum atomic E-state index is -1.05. The fourth-order valence-electron chi connectivity index (χ4n) is 2.01. The summed E-state index contributed by atoms with van der Waals surface area (Å²) in [6, 6.07) is 0. The van der Waals surface area contributed by atoms with E-state index >= 15 is 0 Å². The smallest absolute Gasteiger partial charge is 0.410 e. The molecule has 1 aliphatic rings. The first-order valence-electron chi connectivity index (χ1n) is 7.55. The second-order valence-corrected chi connectivity index (χ2v) is 5.50. The Bertz CT molecular complexity index is 459. The molecular weight excluding hydrogens is 354 g/mol. The quantitative estimate of drug-likeness (QED) is 0.382. The highest BCUT2D eigenvalue weighted by Gasteiger charge is 2.38. The lowest BCUT2D eigenvalue weighted by atomic mass is 9.96. The van der Waals surface area contributed by atoms with Crippen LogP contribution in [0.25, 0.3) is 0 Å². The SMILES string of the molecule is C=CCOC(=O)NC[C@@H](O)CN(CC1(O)CNC1)C(=O)OCC=C.Cl. The number of rotatable bonds is 10. The molecule has 10 heteroatoms. The third-order valence-electron chi connectivity index (χ3n) is 3.22. The molecule has 4 N–H and O–H groups in total. The number of nitrogens with one attached hydrogen (secondary N) is 2. The predicted molar refractivity (Wildman–Crippen MR) is 93.7 cm³/mol. The summed E-state index contributed by atoms with van der Waals surface area (Å²) >= 11 is 0. The van der Waals surface area contributed by atoms with Gasteiger partial charge in [-0.3, -0.25) is 0 Å². The Hall–Kier alpha value is -1.81. The second-order valence-electron chi connectivity index (χ2n) is 5.50. The molecule has 2 amide bonds. The molecule has 0 aromatic heterocycles. The molecule has 0 radical (unpaired) electrons. The number of carbonyl (C=O) groups is 2. The minimum absolute atomic E-state index is 0. The Kier molecular flexibility index (Phi) is 10.8. The lowest BCUT2D eigenvalue weighted by Crippen LogP contribution is -2.65.